The Kier molecular flexibility index (Phi) is 5.54. The van der Waals surface area contributed by atoms with Crippen LogP contribution in [0.3, 0.4) is 0 Å². The molecule has 0 saturated carbocycles. The molecule has 0 aliphatic rings. The van der Waals surface area contributed by atoms with Crippen molar-refractivity contribution in [1.82, 2.24) is 9.13 Å². The number of hydrogen-bond donors (Lipinski definition) is 0. The van der Waals surface area contributed by atoms with E-state index in [1.54, 1.807) is 0 Å². The fraction of sp³-hybridized carbons (Fsp3) is 0. The van der Waals surface area contributed by atoms with Crippen molar-refractivity contribution in [3.8, 4) is 33.6 Å². The topological polar surface area (TPSA) is 9.86 Å². The number of rotatable bonds is 4. The van der Waals surface area contributed by atoms with E-state index in [9.17, 15) is 0 Å². The highest BCUT2D eigenvalue weighted by atomic mass is 15.0. The van der Waals surface area contributed by atoms with Crippen molar-refractivity contribution in [1.29, 1.82) is 0 Å². The van der Waals surface area contributed by atoms with Gasteiger partial charge in [0.15, 0.2) is 0 Å². The quantitative estimate of drug-likeness (QED) is 0.203. The second-order valence-corrected chi connectivity index (χ2v) is 11.4. The molecule has 0 bridgehead atoms. The van der Waals surface area contributed by atoms with E-state index in [-0.39, 0.29) is 0 Å². The summed E-state index contributed by atoms with van der Waals surface area (Å²) in [6, 6.07) is 59.2. The van der Waals surface area contributed by atoms with Gasteiger partial charge in [-0.15, -0.1) is 0 Å². The van der Waals surface area contributed by atoms with Crippen LogP contribution in [0.25, 0.3) is 77.1 Å². The summed E-state index contributed by atoms with van der Waals surface area (Å²) < 4.78 is 4.79. The van der Waals surface area contributed by atoms with E-state index >= 15 is 0 Å². The molecule has 0 aliphatic heterocycles. The number of aromatic nitrogens is 2. The molecule has 9 rings (SSSR count). The Morgan fingerprint density at radius 2 is 0.977 bits per heavy atom. The Morgan fingerprint density at radius 1 is 0.364 bits per heavy atom. The zero-order valence-electron chi connectivity index (χ0n) is 24.1. The highest BCUT2D eigenvalue weighted by Gasteiger charge is 2.18. The summed E-state index contributed by atoms with van der Waals surface area (Å²) in [7, 11) is 0. The van der Waals surface area contributed by atoms with Gasteiger partial charge in [0, 0.05) is 39.1 Å². The van der Waals surface area contributed by atoms with Crippen molar-refractivity contribution in [3.63, 3.8) is 0 Å². The molecule has 0 spiro atoms. The zero-order valence-corrected chi connectivity index (χ0v) is 24.1. The normalized spacial score (nSPS) is 11.6. The second-order valence-electron chi connectivity index (χ2n) is 11.4. The predicted octanol–water partition coefficient (Wildman–Crippen LogP) is 11.2. The Hall–Kier alpha value is -5.86. The minimum atomic E-state index is 1.15. The van der Waals surface area contributed by atoms with Gasteiger partial charge in [-0.3, -0.25) is 0 Å². The van der Waals surface area contributed by atoms with Crippen molar-refractivity contribution in [2.45, 2.75) is 0 Å². The van der Waals surface area contributed by atoms with Gasteiger partial charge in [-0.25, -0.2) is 0 Å². The predicted molar refractivity (Wildman–Crippen MR) is 186 cm³/mol. The minimum absolute atomic E-state index is 1.15. The SMILES string of the molecule is c1ccc(-c2cc(-c3ccccc3)cc(-n3ccc4c5c(ccc6c7ccccc7n(-c7ccccc7)c65)ccc43)c2)cc1. The molecule has 0 atom stereocenters. The van der Waals surface area contributed by atoms with Gasteiger partial charge in [-0.2, -0.15) is 0 Å². The third-order valence-corrected chi connectivity index (χ3v) is 8.91. The summed E-state index contributed by atoms with van der Waals surface area (Å²) in [6.07, 6.45) is 2.23. The molecule has 2 heterocycles. The van der Waals surface area contributed by atoms with E-state index in [0.717, 1.165) is 5.69 Å². The molecule has 0 saturated heterocycles. The third kappa shape index (κ3) is 3.82. The van der Waals surface area contributed by atoms with Crippen LogP contribution >= 0.6 is 0 Å². The fourth-order valence-corrected chi connectivity index (χ4v) is 6.91. The summed E-state index contributed by atoms with van der Waals surface area (Å²) in [5.74, 6) is 0. The number of fused-ring (bicyclic) bond motifs is 7. The largest absolute Gasteiger partial charge is 0.316 e. The average Bonchev–Trinajstić information content (AvgIpc) is 3.69. The van der Waals surface area contributed by atoms with Gasteiger partial charge in [0.05, 0.1) is 16.6 Å². The maximum Gasteiger partial charge on any atom is 0.0626 e. The van der Waals surface area contributed by atoms with E-state index < -0.39 is 0 Å². The van der Waals surface area contributed by atoms with Crippen LogP contribution in [0.5, 0.6) is 0 Å². The van der Waals surface area contributed by atoms with Gasteiger partial charge in [0.1, 0.15) is 0 Å². The molecule has 9 aromatic rings. The van der Waals surface area contributed by atoms with Crippen molar-refractivity contribution >= 4 is 43.5 Å². The minimum Gasteiger partial charge on any atom is -0.316 e. The van der Waals surface area contributed by atoms with Crippen LogP contribution in [0, 0.1) is 0 Å². The van der Waals surface area contributed by atoms with Crippen LogP contribution in [0.1, 0.15) is 0 Å². The molecule has 206 valence electrons. The summed E-state index contributed by atoms with van der Waals surface area (Å²) in [4.78, 5) is 0. The number of para-hydroxylation sites is 2. The smallest absolute Gasteiger partial charge is 0.0626 e. The Morgan fingerprint density at radius 3 is 1.68 bits per heavy atom. The molecular formula is C42H28N2. The van der Waals surface area contributed by atoms with Crippen LogP contribution in [0.15, 0.2) is 170 Å². The lowest BCUT2D eigenvalue weighted by Gasteiger charge is -2.14. The molecule has 0 amide bonds. The lowest BCUT2D eigenvalue weighted by atomic mass is 9.98. The molecule has 2 aromatic heterocycles. The summed E-state index contributed by atoms with van der Waals surface area (Å²) in [6.45, 7) is 0. The maximum atomic E-state index is 2.44. The Bertz CT molecular complexity index is 2410. The first kappa shape index (κ1) is 24.7. The van der Waals surface area contributed by atoms with Gasteiger partial charge in [0.25, 0.3) is 0 Å². The van der Waals surface area contributed by atoms with Gasteiger partial charge in [-0.05, 0) is 76.2 Å². The molecule has 2 heteroatoms. The molecule has 7 aromatic carbocycles. The second kappa shape index (κ2) is 9.86. The van der Waals surface area contributed by atoms with E-state index in [1.807, 2.05) is 0 Å². The lowest BCUT2D eigenvalue weighted by molar-refractivity contribution is 1.13. The van der Waals surface area contributed by atoms with Crippen LogP contribution in [-0.2, 0) is 0 Å². The average molecular weight is 561 g/mol. The number of hydrogen-bond acceptors (Lipinski definition) is 0. The van der Waals surface area contributed by atoms with Crippen LogP contribution in [0.4, 0.5) is 0 Å². The van der Waals surface area contributed by atoms with Crippen LogP contribution in [-0.4, -0.2) is 9.13 Å². The molecule has 0 unspecified atom stereocenters. The molecular weight excluding hydrogens is 532 g/mol. The highest BCUT2D eigenvalue weighted by molar-refractivity contribution is 6.25. The highest BCUT2D eigenvalue weighted by Crippen LogP contribution is 2.40. The molecule has 2 nitrogen and oxygen atoms in total. The molecule has 0 radical (unpaired) electrons. The Balaban J connectivity index is 1.35. The summed E-state index contributed by atoms with van der Waals surface area (Å²) >= 11 is 0. The van der Waals surface area contributed by atoms with Gasteiger partial charge in [0.2, 0.25) is 0 Å². The van der Waals surface area contributed by atoms with E-state index in [2.05, 4.69) is 179 Å². The molecule has 0 fully saturated rings. The number of benzene rings is 7. The van der Waals surface area contributed by atoms with E-state index in [4.69, 9.17) is 0 Å². The van der Waals surface area contributed by atoms with Crippen LogP contribution in [0.2, 0.25) is 0 Å². The lowest BCUT2D eigenvalue weighted by Crippen LogP contribution is -1.96. The fourth-order valence-electron chi connectivity index (χ4n) is 6.91. The summed E-state index contributed by atoms with van der Waals surface area (Å²) in [5, 5.41) is 6.31. The van der Waals surface area contributed by atoms with Crippen molar-refractivity contribution < 1.29 is 0 Å². The van der Waals surface area contributed by atoms with Crippen molar-refractivity contribution in [2.24, 2.45) is 0 Å². The Labute approximate surface area is 255 Å². The maximum absolute atomic E-state index is 2.44. The van der Waals surface area contributed by atoms with E-state index in [0.29, 0.717) is 0 Å². The van der Waals surface area contributed by atoms with Crippen LogP contribution < -0.4 is 0 Å². The first-order valence-electron chi connectivity index (χ1n) is 15.1. The van der Waals surface area contributed by atoms with Gasteiger partial charge >= 0.3 is 0 Å². The first-order valence-corrected chi connectivity index (χ1v) is 15.1. The van der Waals surface area contributed by atoms with Gasteiger partial charge in [-0.1, -0.05) is 115 Å². The zero-order chi connectivity index (χ0) is 29.0. The molecule has 44 heavy (non-hydrogen) atoms. The third-order valence-electron chi connectivity index (χ3n) is 8.91. The summed E-state index contributed by atoms with van der Waals surface area (Å²) in [5.41, 5.74) is 10.8. The number of nitrogens with zero attached hydrogens (tertiary/aromatic N) is 2. The molecule has 0 N–H and O–H groups in total. The van der Waals surface area contributed by atoms with Crippen molar-refractivity contribution in [2.75, 3.05) is 0 Å². The first-order chi connectivity index (χ1) is 21.8. The van der Waals surface area contributed by atoms with Crippen molar-refractivity contribution in [3.05, 3.63) is 170 Å². The monoisotopic (exact) mass is 560 g/mol. The molecule has 0 aliphatic carbocycles. The standard InChI is InChI=1S/C42H28N2/c1-4-12-29(13-5-1)32-26-33(30-14-6-2-7-15-30)28-35(27-32)43-25-24-38-39(43)23-21-31-20-22-37-36-18-10-11-19-40(36)44(42(37)41(31)38)34-16-8-3-9-17-34/h1-28H. The van der Waals surface area contributed by atoms with E-state index in [1.165, 1.54) is 71.4 Å². The van der Waals surface area contributed by atoms with Gasteiger partial charge < -0.3 is 9.13 Å².